The molecule has 1 aromatic heterocycles. The third-order valence-corrected chi connectivity index (χ3v) is 7.99. The maximum absolute atomic E-state index is 14.0. The van der Waals surface area contributed by atoms with Gasteiger partial charge < -0.3 is 14.7 Å². The van der Waals surface area contributed by atoms with Crippen LogP contribution in [-0.2, 0) is 6.54 Å². The van der Waals surface area contributed by atoms with Crippen molar-refractivity contribution in [1.82, 2.24) is 19.6 Å². The van der Waals surface area contributed by atoms with Crippen molar-refractivity contribution in [2.24, 2.45) is 0 Å². The zero-order valence-corrected chi connectivity index (χ0v) is 23.1. The van der Waals surface area contributed by atoms with Crippen molar-refractivity contribution in [2.45, 2.75) is 46.7 Å². The van der Waals surface area contributed by atoms with Crippen LogP contribution in [0.4, 0.5) is 5.82 Å². The molecule has 0 bridgehead atoms. The largest absolute Gasteiger partial charge is 0.354 e. The Balaban J connectivity index is 1.54. The predicted octanol–water partition coefficient (Wildman–Crippen LogP) is 5.92. The van der Waals surface area contributed by atoms with Crippen LogP contribution < -0.4 is 4.90 Å². The van der Waals surface area contributed by atoms with Crippen LogP contribution in [0.3, 0.4) is 0 Å². The maximum atomic E-state index is 14.0. The summed E-state index contributed by atoms with van der Waals surface area (Å²) in [4.78, 5) is 21.0. The molecule has 1 aliphatic rings. The third kappa shape index (κ3) is 5.18. The summed E-state index contributed by atoms with van der Waals surface area (Å²) in [6, 6.07) is 24.7. The van der Waals surface area contributed by atoms with E-state index < -0.39 is 0 Å². The van der Waals surface area contributed by atoms with Crippen LogP contribution in [0.5, 0.6) is 0 Å². The van der Waals surface area contributed by atoms with E-state index in [2.05, 4.69) is 84.6 Å². The fourth-order valence-electron chi connectivity index (χ4n) is 5.39. The van der Waals surface area contributed by atoms with Crippen LogP contribution in [0, 0.1) is 6.92 Å². The zero-order valence-electron chi connectivity index (χ0n) is 23.1. The monoisotopic (exact) mass is 509 g/mol. The Labute approximate surface area is 226 Å². The average molecular weight is 510 g/mol. The number of rotatable bonds is 8. The van der Waals surface area contributed by atoms with Gasteiger partial charge in [0, 0.05) is 43.3 Å². The Morgan fingerprint density at radius 2 is 1.61 bits per heavy atom. The van der Waals surface area contributed by atoms with E-state index >= 15 is 0 Å². The molecule has 0 N–H and O–H groups in total. The molecule has 1 saturated heterocycles. The van der Waals surface area contributed by atoms with Crippen molar-refractivity contribution in [3.05, 3.63) is 89.6 Å². The number of amides is 1. The lowest BCUT2D eigenvalue weighted by atomic mass is 10.0. The van der Waals surface area contributed by atoms with Gasteiger partial charge in [-0.15, -0.1) is 0 Å². The molecule has 0 radical (unpaired) electrons. The quantitative estimate of drug-likeness (QED) is 0.296. The van der Waals surface area contributed by atoms with E-state index in [1.165, 1.54) is 0 Å². The number of hydrogen-bond donors (Lipinski definition) is 0. The molecule has 6 nitrogen and oxygen atoms in total. The van der Waals surface area contributed by atoms with Gasteiger partial charge in [-0.1, -0.05) is 62.4 Å². The van der Waals surface area contributed by atoms with E-state index in [0.717, 1.165) is 78.2 Å². The van der Waals surface area contributed by atoms with Crippen LogP contribution in [0.25, 0.3) is 16.5 Å². The van der Waals surface area contributed by atoms with Crippen molar-refractivity contribution < 1.29 is 4.79 Å². The smallest absolute Gasteiger partial charge is 0.254 e. The molecule has 38 heavy (non-hydrogen) atoms. The van der Waals surface area contributed by atoms with E-state index in [9.17, 15) is 4.79 Å². The number of hydrogen-bond acceptors (Lipinski definition) is 4. The highest BCUT2D eigenvalue weighted by Crippen LogP contribution is 2.31. The van der Waals surface area contributed by atoms with E-state index in [1.807, 2.05) is 35.2 Å². The van der Waals surface area contributed by atoms with Gasteiger partial charge in [0.05, 0.1) is 17.9 Å². The molecule has 0 spiro atoms. The molecule has 6 heteroatoms. The summed E-state index contributed by atoms with van der Waals surface area (Å²) in [5, 5.41) is 7.26. The number of para-hydroxylation sites is 1. The van der Waals surface area contributed by atoms with E-state index in [1.54, 1.807) is 0 Å². The number of benzene rings is 3. The molecular weight excluding hydrogens is 470 g/mol. The van der Waals surface area contributed by atoms with Crippen LogP contribution >= 0.6 is 0 Å². The summed E-state index contributed by atoms with van der Waals surface area (Å²) < 4.78 is 2.08. The van der Waals surface area contributed by atoms with Gasteiger partial charge >= 0.3 is 0 Å². The molecule has 0 saturated carbocycles. The second-order valence-electron chi connectivity index (χ2n) is 10.3. The molecule has 1 fully saturated rings. The Hall–Kier alpha value is -3.64. The normalized spacial score (nSPS) is 15.1. The highest BCUT2D eigenvalue weighted by atomic mass is 16.2. The van der Waals surface area contributed by atoms with Crippen molar-refractivity contribution in [1.29, 1.82) is 0 Å². The van der Waals surface area contributed by atoms with Gasteiger partial charge in [-0.2, -0.15) is 5.10 Å². The number of likely N-dealkylation sites (N-methyl/N-ethyl adjacent to an activating group) is 1. The van der Waals surface area contributed by atoms with Crippen LogP contribution in [0.15, 0.2) is 72.8 Å². The Morgan fingerprint density at radius 3 is 2.29 bits per heavy atom. The minimum Gasteiger partial charge on any atom is -0.354 e. The number of piperazine rings is 1. The highest BCUT2D eigenvalue weighted by Gasteiger charge is 2.29. The number of carbonyl (C=O) groups excluding carboxylic acids is 1. The van der Waals surface area contributed by atoms with Crippen LogP contribution in [0.1, 0.15) is 48.8 Å². The first-order valence-electron chi connectivity index (χ1n) is 13.9. The standard InChI is InChI=1S/C32H39N5O/c1-5-24(3)36(32(38)28-17-16-26-12-10-11-13-27(26)22-28)23-30-25(4)33-37(29-14-8-7-9-15-29)31(30)35-20-18-34(6-2)19-21-35/h7-17,22,24H,5-6,18-21,23H2,1-4H3/t24-/m1/s1. The average Bonchev–Trinajstić information content (AvgIpc) is 3.30. The Bertz CT molecular complexity index is 1390. The molecule has 2 heterocycles. The van der Waals surface area contributed by atoms with E-state index in [0.29, 0.717) is 6.54 Å². The zero-order chi connectivity index (χ0) is 26.6. The van der Waals surface area contributed by atoms with Crippen LogP contribution in [-0.4, -0.2) is 64.3 Å². The number of aryl methyl sites for hydroxylation is 1. The number of aromatic nitrogens is 2. The number of fused-ring (bicyclic) bond motifs is 1. The van der Waals surface area contributed by atoms with Crippen molar-refractivity contribution in [2.75, 3.05) is 37.6 Å². The first-order valence-corrected chi connectivity index (χ1v) is 13.9. The van der Waals surface area contributed by atoms with Crippen molar-refractivity contribution in [3.63, 3.8) is 0 Å². The van der Waals surface area contributed by atoms with Gasteiger partial charge in [0.2, 0.25) is 0 Å². The lowest BCUT2D eigenvalue weighted by Gasteiger charge is -2.37. The Morgan fingerprint density at radius 1 is 0.921 bits per heavy atom. The molecule has 1 aliphatic heterocycles. The molecule has 5 rings (SSSR count). The molecule has 3 aromatic carbocycles. The predicted molar refractivity (Wildman–Crippen MR) is 156 cm³/mol. The molecule has 198 valence electrons. The summed E-state index contributed by atoms with van der Waals surface area (Å²) in [5.41, 5.74) is 3.88. The number of nitrogens with zero attached hydrogens (tertiary/aromatic N) is 5. The topological polar surface area (TPSA) is 44.6 Å². The van der Waals surface area contributed by atoms with Crippen LogP contribution in [0.2, 0.25) is 0 Å². The third-order valence-electron chi connectivity index (χ3n) is 7.99. The summed E-state index contributed by atoms with van der Waals surface area (Å²) in [6.07, 6.45) is 0.885. The highest BCUT2D eigenvalue weighted by molar-refractivity contribution is 5.98. The van der Waals surface area contributed by atoms with Gasteiger partial charge in [0.15, 0.2) is 0 Å². The van der Waals surface area contributed by atoms with Gasteiger partial charge in [0.25, 0.3) is 5.91 Å². The van der Waals surface area contributed by atoms with Gasteiger partial charge in [-0.3, -0.25) is 4.79 Å². The molecule has 1 amide bonds. The lowest BCUT2D eigenvalue weighted by Crippen LogP contribution is -2.47. The maximum Gasteiger partial charge on any atom is 0.254 e. The molecular formula is C32H39N5O. The molecule has 0 unspecified atom stereocenters. The second-order valence-corrected chi connectivity index (χ2v) is 10.3. The first-order chi connectivity index (χ1) is 18.5. The second kappa shape index (κ2) is 11.4. The SMILES string of the molecule is CC[C@@H](C)N(Cc1c(C)nn(-c2ccccc2)c1N1CCN(CC)CC1)C(=O)c1ccc2ccccc2c1. The number of carbonyl (C=O) groups is 1. The molecule has 0 aliphatic carbocycles. The molecule has 4 aromatic rings. The summed E-state index contributed by atoms with van der Waals surface area (Å²) in [5.74, 6) is 1.18. The van der Waals surface area contributed by atoms with Gasteiger partial charge in [0.1, 0.15) is 5.82 Å². The summed E-state index contributed by atoms with van der Waals surface area (Å²) in [7, 11) is 0. The van der Waals surface area contributed by atoms with E-state index in [4.69, 9.17) is 5.10 Å². The van der Waals surface area contributed by atoms with Gasteiger partial charge in [-0.25, -0.2) is 4.68 Å². The fourth-order valence-corrected chi connectivity index (χ4v) is 5.39. The number of anilines is 1. The van der Waals surface area contributed by atoms with Gasteiger partial charge in [-0.05, 0) is 61.9 Å². The van der Waals surface area contributed by atoms with Crippen molar-refractivity contribution >= 4 is 22.5 Å². The fraction of sp³-hybridized carbons (Fsp3) is 0.375. The minimum atomic E-state index is 0.0683. The first kappa shape index (κ1) is 26.0. The Kier molecular flexibility index (Phi) is 7.79. The summed E-state index contributed by atoms with van der Waals surface area (Å²) >= 11 is 0. The lowest BCUT2D eigenvalue weighted by molar-refractivity contribution is 0.0671. The minimum absolute atomic E-state index is 0.0683. The van der Waals surface area contributed by atoms with Crippen molar-refractivity contribution in [3.8, 4) is 5.69 Å². The van der Waals surface area contributed by atoms with E-state index in [-0.39, 0.29) is 11.9 Å². The molecule has 1 atom stereocenters. The summed E-state index contributed by atoms with van der Waals surface area (Å²) in [6.45, 7) is 14.1.